The Labute approximate surface area is 126 Å². The van der Waals surface area contributed by atoms with E-state index >= 15 is 0 Å². The van der Waals surface area contributed by atoms with Crippen molar-refractivity contribution in [1.29, 1.82) is 0 Å². The van der Waals surface area contributed by atoms with Crippen LogP contribution < -0.4 is 5.73 Å². The maximum atomic E-state index is 6.05. The SMILES string of the molecule is CC(C)(C)c1nc(CCN=C(N)N2CCCCC2)cs1. The van der Waals surface area contributed by atoms with Crippen molar-refractivity contribution < 1.29 is 0 Å². The average molecular weight is 294 g/mol. The van der Waals surface area contributed by atoms with Crippen LogP contribution in [0.1, 0.15) is 50.7 Å². The summed E-state index contributed by atoms with van der Waals surface area (Å²) in [6.07, 6.45) is 4.66. The number of nitrogens with zero attached hydrogens (tertiary/aromatic N) is 3. The lowest BCUT2D eigenvalue weighted by molar-refractivity contribution is 0.338. The molecule has 2 heterocycles. The van der Waals surface area contributed by atoms with Crippen LogP contribution in [0.5, 0.6) is 0 Å². The highest BCUT2D eigenvalue weighted by molar-refractivity contribution is 7.09. The van der Waals surface area contributed by atoms with Crippen LogP contribution in [0, 0.1) is 0 Å². The van der Waals surface area contributed by atoms with E-state index in [4.69, 9.17) is 5.73 Å². The maximum Gasteiger partial charge on any atom is 0.191 e. The van der Waals surface area contributed by atoms with Crippen molar-refractivity contribution in [3.63, 3.8) is 0 Å². The van der Waals surface area contributed by atoms with Gasteiger partial charge in [0.1, 0.15) is 0 Å². The molecule has 2 rings (SSSR count). The predicted molar refractivity (Wildman–Crippen MR) is 86.4 cm³/mol. The molecule has 0 unspecified atom stereocenters. The molecule has 1 aromatic heterocycles. The molecule has 1 aromatic rings. The van der Waals surface area contributed by atoms with E-state index in [1.54, 1.807) is 11.3 Å². The normalized spacial score (nSPS) is 17.6. The van der Waals surface area contributed by atoms with E-state index in [0.717, 1.165) is 31.7 Å². The molecule has 0 aromatic carbocycles. The van der Waals surface area contributed by atoms with Gasteiger partial charge < -0.3 is 10.6 Å². The lowest BCUT2D eigenvalue weighted by Gasteiger charge is -2.27. The van der Waals surface area contributed by atoms with Gasteiger partial charge >= 0.3 is 0 Å². The molecule has 0 amide bonds. The molecular formula is C15H26N4S. The van der Waals surface area contributed by atoms with Gasteiger partial charge in [0.25, 0.3) is 0 Å². The van der Waals surface area contributed by atoms with E-state index in [1.165, 1.54) is 24.3 Å². The molecule has 0 aliphatic carbocycles. The lowest BCUT2D eigenvalue weighted by Crippen LogP contribution is -2.41. The maximum absolute atomic E-state index is 6.05. The van der Waals surface area contributed by atoms with Crippen LogP contribution in [0.25, 0.3) is 0 Å². The molecule has 0 spiro atoms. The Balaban J connectivity index is 1.84. The van der Waals surface area contributed by atoms with E-state index in [0.29, 0.717) is 5.96 Å². The van der Waals surface area contributed by atoms with Gasteiger partial charge in [-0.1, -0.05) is 20.8 Å². The molecule has 1 fully saturated rings. The molecule has 4 nitrogen and oxygen atoms in total. The second-order valence-corrected chi connectivity index (χ2v) is 7.29. The van der Waals surface area contributed by atoms with Crippen LogP contribution in [0.15, 0.2) is 10.4 Å². The lowest BCUT2D eigenvalue weighted by atomic mass is 9.98. The largest absolute Gasteiger partial charge is 0.370 e. The molecule has 5 heteroatoms. The summed E-state index contributed by atoms with van der Waals surface area (Å²) in [4.78, 5) is 11.4. The first-order valence-corrected chi connectivity index (χ1v) is 8.34. The van der Waals surface area contributed by atoms with E-state index in [2.05, 4.69) is 41.0 Å². The number of likely N-dealkylation sites (tertiary alicyclic amines) is 1. The smallest absolute Gasteiger partial charge is 0.191 e. The summed E-state index contributed by atoms with van der Waals surface area (Å²) in [5.41, 5.74) is 7.32. The minimum atomic E-state index is 0.138. The van der Waals surface area contributed by atoms with Gasteiger partial charge in [0.2, 0.25) is 0 Å². The van der Waals surface area contributed by atoms with Crippen LogP contribution in [-0.4, -0.2) is 35.5 Å². The second kappa shape index (κ2) is 6.57. The van der Waals surface area contributed by atoms with E-state index in [1.807, 2.05) is 0 Å². The zero-order valence-corrected chi connectivity index (χ0v) is 13.7. The highest BCUT2D eigenvalue weighted by atomic mass is 32.1. The van der Waals surface area contributed by atoms with Gasteiger partial charge in [-0.2, -0.15) is 0 Å². The highest BCUT2D eigenvalue weighted by Gasteiger charge is 2.17. The van der Waals surface area contributed by atoms with Gasteiger partial charge in [0.15, 0.2) is 5.96 Å². The van der Waals surface area contributed by atoms with Crippen LogP contribution in [-0.2, 0) is 11.8 Å². The fourth-order valence-electron chi connectivity index (χ4n) is 2.27. The Morgan fingerprint density at radius 3 is 2.65 bits per heavy atom. The van der Waals surface area contributed by atoms with Crippen molar-refractivity contribution in [3.8, 4) is 0 Å². The molecule has 0 bridgehead atoms. The summed E-state index contributed by atoms with van der Waals surface area (Å²) < 4.78 is 0. The number of piperidine rings is 1. The van der Waals surface area contributed by atoms with Crippen LogP contribution in [0.4, 0.5) is 0 Å². The summed E-state index contributed by atoms with van der Waals surface area (Å²) in [7, 11) is 0. The first-order valence-electron chi connectivity index (χ1n) is 7.46. The Morgan fingerprint density at radius 1 is 1.35 bits per heavy atom. The number of nitrogens with two attached hydrogens (primary N) is 1. The molecule has 1 aliphatic heterocycles. The molecule has 112 valence electrons. The van der Waals surface area contributed by atoms with Crippen LogP contribution >= 0.6 is 11.3 Å². The fourth-order valence-corrected chi connectivity index (χ4v) is 3.22. The van der Waals surface area contributed by atoms with Crippen molar-refractivity contribution in [2.24, 2.45) is 10.7 Å². The number of thiazole rings is 1. The zero-order valence-electron chi connectivity index (χ0n) is 12.9. The molecule has 1 saturated heterocycles. The van der Waals surface area contributed by atoms with Crippen LogP contribution in [0.2, 0.25) is 0 Å². The predicted octanol–water partition coefficient (Wildman–Crippen LogP) is 2.78. The fraction of sp³-hybridized carbons (Fsp3) is 0.733. The minimum Gasteiger partial charge on any atom is -0.370 e. The number of aromatic nitrogens is 1. The Kier molecular flexibility index (Phi) is 5.02. The average Bonchev–Trinajstić information content (AvgIpc) is 2.88. The molecule has 0 saturated carbocycles. The van der Waals surface area contributed by atoms with Crippen molar-refractivity contribution in [2.75, 3.05) is 19.6 Å². The third-order valence-electron chi connectivity index (χ3n) is 3.52. The summed E-state index contributed by atoms with van der Waals surface area (Å²) in [5, 5.41) is 3.34. The van der Waals surface area contributed by atoms with Crippen molar-refractivity contribution in [2.45, 2.75) is 51.9 Å². The third kappa shape index (κ3) is 4.20. The molecule has 0 radical (unpaired) electrons. The molecule has 2 N–H and O–H groups in total. The van der Waals surface area contributed by atoms with Crippen molar-refractivity contribution in [3.05, 3.63) is 16.1 Å². The van der Waals surface area contributed by atoms with Gasteiger partial charge in [-0.3, -0.25) is 4.99 Å². The summed E-state index contributed by atoms with van der Waals surface area (Å²) in [5.74, 6) is 0.705. The first kappa shape index (κ1) is 15.3. The van der Waals surface area contributed by atoms with Gasteiger partial charge in [-0.05, 0) is 19.3 Å². The van der Waals surface area contributed by atoms with Crippen molar-refractivity contribution >= 4 is 17.3 Å². The van der Waals surface area contributed by atoms with Crippen molar-refractivity contribution in [1.82, 2.24) is 9.88 Å². The zero-order chi connectivity index (χ0) is 14.6. The molecular weight excluding hydrogens is 268 g/mol. The topological polar surface area (TPSA) is 54.5 Å². The number of hydrogen-bond donors (Lipinski definition) is 1. The quantitative estimate of drug-likeness (QED) is 0.689. The standard InChI is InChI=1S/C15H26N4S/c1-15(2,3)13-18-12(11-20-13)7-8-17-14(16)19-9-5-4-6-10-19/h11H,4-10H2,1-3H3,(H2,16,17). The Hall–Kier alpha value is -1.10. The molecule has 0 atom stereocenters. The molecule has 20 heavy (non-hydrogen) atoms. The first-order chi connectivity index (χ1) is 9.47. The minimum absolute atomic E-state index is 0.138. The van der Waals surface area contributed by atoms with Crippen LogP contribution in [0.3, 0.4) is 0 Å². The Bertz CT molecular complexity index is 453. The summed E-state index contributed by atoms with van der Waals surface area (Å²) >= 11 is 1.74. The number of aliphatic imine (C=N–C) groups is 1. The van der Waals surface area contributed by atoms with E-state index in [-0.39, 0.29) is 5.41 Å². The third-order valence-corrected chi connectivity index (χ3v) is 4.83. The molecule has 1 aliphatic rings. The van der Waals surface area contributed by atoms with E-state index < -0.39 is 0 Å². The van der Waals surface area contributed by atoms with Gasteiger partial charge in [0, 0.05) is 36.9 Å². The van der Waals surface area contributed by atoms with Gasteiger partial charge in [-0.25, -0.2) is 4.98 Å². The number of guanidine groups is 1. The monoisotopic (exact) mass is 294 g/mol. The Morgan fingerprint density at radius 2 is 2.05 bits per heavy atom. The number of rotatable bonds is 3. The highest BCUT2D eigenvalue weighted by Crippen LogP contribution is 2.25. The van der Waals surface area contributed by atoms with E-state index in [9.17, 15) is 0 Å². The summed E-state index contributed by atoms with van der Waals surface area (Å²) in [6.45, 7) is 9.43. The summed E-state index contributed by atoms with van der Waals surface area (Å²) in [6, 6.07) is 0. The van der Waals surface area contributed by atoms with Gasteiger partial charge in [-0.15, -0.1) is 11.3 Å². The number of hydrogen-bond acceptors (Lipinski definition) is 3. The second-order valence-electron chi connectivity index (χ2n) is 6.43. The van der Waals surface area contributed by atoms with Gasteiger partial charge in [0.05, 0.1) is 10.7 Å².